The summed E-state index contributed by atoms with van der Waals surface area (Å²) in [6, 6.07) is 0.323. The molecule has 1 saturated heterocycles. The average molecular weight is 353 g/mol. The highest BCUT2D eigenvalue weighted by Crippen LogP contribution is 2.42. The van der Waals surface area contributed by atoms with Crippen LogP contribution in [0.3, 0.4) is 0 Å². The van der Waals surface area contributed by atoms with Gasteiger partial charge in [0.2, 0.25) is 0 Å². The smallest absolute Gasteiger partial charge is 0.281 e. The van der Waals surface area contributed by atoms with Crippen LogP contribution in [0.5, 0.6) is 0 Å². The highest BCUT2D eigenvalue weighted by Gasteiger charge is 2.48. The Balaban J connectivity index is 1.75. The SMILES string of the molecule is CCN(CC)S(=O)(=O)N1C[C@H]2CC[C@@H](N(C)c3cnccn3)[C@H]2C1. The molecule has 2 fully saturated rings. The fourth-order valence-electron chi connectivity index (χ4n) is 4.22. The summed E-state index contributed by atoms with van der Waals surface area (Å²) in [6.45, 7) is 6.08. The molecule has 3 atom stereocenters. The van der Waals surface area contributed by atoms with Crippen LogP contribution < -0.4 is 4.90 Å². The number of fused-ring (bicyclic) bond motifs is 1. The summed E-state index contributed by atoms with van der Waals surface area (Å²) in [7, 11) is -1.30. The van der Waals surface area contributed by atoms with Crippen LogP contribution >= 0.6 is 0 Å². The summed E-state index contributed by atoms with van der Waals surface area (Å²) in [5.41, 5.74) is 0. The summed E-state index contributed by atoms with van der Waals surface area (Å²) in [5.74, 6) is 1.66. The van der Waals surface area contributed by atoms with Gasteiger partial charge in [0.25, 0.3) is 10.2 Å². The first-order chi connectivity index (χ1) is 11.5. The molecule has 1 aromatic heterocycles. The lowest BCUT2D eigenvalue weighted by Gasteiger charge is -2.31. The Labute approximate surface area is 144 Å². The normalized spacial score (nSPS) is 27.6. The number of rotatable bonds is 6. The fourth-order valence-corrected chi connectivity index (χ4v) is 5.94. The average Bonchev–Trinajstić information content (AvgIpc) is 3.17. The van der Waals surface area contributed by atoms with E-state index in [1.165, 1.54) is 0 Å². The molecule has 2 aliphatic rings. The van der Waals surface area contributed by atoms with Crippen molar-refractivity contribution in [1.29, 1.82) is 0 Å². The lowest BCUT2D eigenvalue weighted by atomic mass is 9.97. The van der Waals surface area contributed by atoms with Gasteiger partial charge >= 0.3 is 0 Å². The fraction of sp³-hybridized carbons (Fsp3) is 0.750. The van der Waals surface area contributed by atoms with E-state index >= 15 is 0 Å². The highest BCUT2D eigenvalue weighted by atomic mass is 32.2. The molecule has 1 aliphatic carbocycles. The number of nitrogens with zero attached hydrogens (tertiary/aromatic N) is 5. The first-order valence-corrected chi connectivity index (χ1v) is 10.1. The van der Waals surface area contributed by atoms with Crippen molar-refractivity contribution in [3.8, 4) is 0 Å². The monoisotopic (exact) mass is 353 g/mol. The van der Waals surface area contributed by atoms with Crippen molar-refractivity contribution in [3.63, 3.8) is 0 Å². The summed E-state index contributed by atoms with van der Waals surface area (Å²) >= 11 is 0. The van der Waals surface area contributed by atoms with E-state index in [9.17, 15) is 8.42 Å². The zero-order valence-corrected chi connectivity index (χ0v) is 15.5. The van der Waals surface area contributed by atoms with Gasteiger partial charge in [-0.15, -0.1) is 0 Å². The molecule has 2 heterocycles. The molecule has 3 rings (SSSR count). The van der Waals surface area contributed by atoms with Gasteiger partial charge in [-0.25, -0.2) is 4.98 Å². The predicted molar refractivity (Wildman–Crippen MR) is 93.9 cm³/mol. The third-order valence-corrected chi connectivity index (χ3v) is 7.67. The molecule has 0 bridgehead atoms. The Morgan fingerprint density at radius 1 is 1.21 bits per heavy atom. The molecule has 0 spiro atoms. The maximum Gasteiger partial charge on any atom is 0.281 e. The van der Waals surface area contributed by atoms with E-state index in [1.807, 2.05) is 20.9 Å². The minimum Gasteiger partial charge on any atom is -0.355 e. The molecular formula is C16H27N5O2S. The Hall–Kier alpha value is -1.25. The van der Waals surface area contributed by atoms with Crippen molar-refractivity contribution in [2.45, 2.75) is 32.7 Å². The third-order valence-electron chi connectivity index (χ3n) is 5.55. The first-order valence-electron chi connectivity index (χ1n) is 8.73. The lowest BCUT2D eigenvalue weighted by Crippen LogP contribution is -2.44. The molecule has 134 valence electrons. The van der Waals surface area contributed by atoms with Gasteiger partial charge in [-0.3, -0.25) is 4.98 Å². The van der Waals surface area contributed by atoms with Gasteiger partial charge in [0.1, 0.15) is 5.82 Å². The number of hydrogen-bond donors (Lipinski definition) is 0. The van der Waals surface area contributed by atoms with Crippen LogP contribution in [-0.2, 0) is 10.2 Å². The summed E-state index contributed by atoms with van der Waals surface area (Å²) < 4.78 is 28.8. The van der Waals surface area contributed by atoms with E-state index in [2.05, 4.69) is 14.9 Å². The minimum atomic E-state index is -3.34. The van der Waals surface area contributed by atoms with Crippen molar-refractivity contribution < 1.29 is 8.42 Å². The number of anilines is 1. The van der Waals surface area contributed by atoms with Crippen LogP contribution in [-0.4, -0.2) is 66.3 Å². The van der Waals surface area contributed by atoms with Gasteiger partial charge in [-0.1, -0.05) is 13.8 Å². The lowest BCUT2D eigenvalue weighted by molar-refractivity contribution is 0.361. The Morgan fingerprint density at radius 3 is 2.58 bits per heavy atom. The molecule has 1 aliphatic heterocycles. The third kappa shape index (κ3) is 3.02. The summed E-state index contributed by atoms with van der Waals surface area (Å²) in [4.78, 5) is 10.7. The van der Waals surface area contributed by atoms with Crippen LogP contribution in [0.4, 0.5) is 5.82 Å². The second kappa shape index (κ2) is 6.93. The maximum absolute atomic E-state index is 12.8. The topological polar surface area (TPSA) is 69.6 Å². The molecular weight excluding hydrogens is 326 g/mol. The van der Waals surface area contributed by atoms with Gasteiger partial charge in [0, 0.05) is 51.7 Å². The molecule has 0 amide bonds. The van der Waals surface area contributed by atoms with E-state index in [0.717, 1.165) is 18.7 Å². The highest BCUT2D eigenvalue weighted by molar-refractivity contribution is 7.86. The molecule has 24 heavy (non-hydrogen) atoms. The van der Waals surface area contributed by atoms with Crippen molar-refractivity contribution >= 4 is 16.0 Å². The van der Waals surface area contributed by atoms with Crippen LogP contribution in [0, 0.1) is 11.8 Å². The van der Waals surface area contributed by atoms with Crippen LogP contribution in [0.1, 0.15) is 26.7 Å². The van der Waals surface area contributed by atoms with E-state index < -0.39 is 10.2 Å². The molecule has 1 saturated carbocycles. The first kappa shape index (κ1) is 17.6. The maximum atomic E-state index is 12.8. The Morgan fingerprint density at radius 2 is 1.96 bits per heavy atom. The minimum absolute atomic E-state index is 0.323. The van der Waals surface area contributed by atoms with Crippen LogP contribution in [0.25, 0.3) is 0 Å². The number of hydrogen-bond acceptors (Lipinski definition) is 5. The largest absolute Gasteiger partial charge is 0.355 e. The van der Waals surface area contributed by atoms with E-state index in [1.54, 1.807) is 27.2 Å². The summed E-state index contributed by atoms with van der Waals surface area (Å²) in [6.07, 6.45) is 7.30. The van der Waals surface area contributed by atoms with Gasteiger partial charge in [-0.2, -0.15) is 17.0 Å². The van der Waals surface area contributed by atoms with E-state index in [0.29, 0.717) is 44.1 Å². The van der Waals surface area contributed by atoms with Crippen molar-refractivity contribution in [2.24, 2.45) is 11.8 Å². The molecule has 0 N–H and O–H groups in total. The summed E-state index contributed by atoms with van der Waals surface area (Å²) in [5, 5.41) is 0. The zero-order valence-electron chi connectivity index (χ0n) is 14.7. The Bertz CT molecular complexity index is 650. The molecule has 0 radical (unpaired) electrons. The van der Waals surface area contributed by atoms with E-state index in [-0.39, 0.29) is 0 Å². The van der Waals surface area contributed by atoms with E-state index in [4.69, 9.17) is 0 Å². The van der Waals surface area contributed by atoms with Gasteiger partial charge in [-0.05, 0) is 24.7 Å². The molecule has 1 aromatic rings. The predicted octanol–water partition coefficient (Wildman–Crippen LogP) is 1.21. The molecule has 0 unspecified atom stereocenters. The van der Waals surface area contributed by atoms with Crippen molar-refractivity contribution in [2.75, 3.05) is 38.1 Å². The Kier molecular flexibility index (Phi) is 5.08. The van der Waals surface area contributed by atoms with Gasteiger partial charge in [0.15, 0.2) is 0 Å². The molecule has 0 aromatic carbocycles. The van der Waals surface area contributed by atoms with Crippen molar-refractivity contribution in [1.82, 2.24) is 18.6 Å². The quantitative estimate of drug-likeness (QED) is 0.769. The second-order valence-corrected chi connectivity index (χ2v) is 8.58. The zero-order chi connectivity index (χ0) is 17.3. The number of aromatic nitrogens is 2. The van der Waals surface area contributed by atoms with Gasteiger partial charge in [0.05, 0.1) is 6.20 Å². The molecule has 8 heteroatoms. The van der Waals surface area contributed by atoms with Gasteiger partial charge < -0.3 is 4.90 Å². The van der Waals surface area contributed by atoms with Crippen LogP contribution in [0.2, 0.25) is 0 Å². The standard InChI is InChI=1S/C16H27N5O2S/c1-4-20(5-2)24(22,23)21-11-13-6-7-15(14(13)12-21)19(3)16-10-17-8-9-18-16/h8-10,13-15H,4-7,11-12H2,1-3H3/t13-,14+,15-/m1/s1. The van der Waals surface area contributed by atoms with Crippen LogP contribution in [0.15, 0.2) is 18.6 Å². The van der Waals surface area contributed by atoms with Crippen molar-refractivity contribution in [3.05, 3.63) is 18.6 Å². The molecule has 7 nitrogen and oxygen atoms in total. The second-order valence-electron chi connectivity index (χ2n) is 6.65.